The van der Waals surface area contributed by atoms with E-state index in [1.165, 1.54) is 0 Å². The molecule has 1 aliphatic carbocycles. The summed E-state index contributed by atoms with van der Waals surface area (Å²) >= 11 is 0. The predicted octanol–water partition coefficient (Wildman–Crippen LogP) is 9.77. The number of carbonyl (C=O) groups is 3. The van der Waals surface area contributed by atoms with Gasteiger partial charge in [-0.15, -0.1) is 0 Å². The molecule has 0 aliphatic heterocycles. The molecule has 0 heterocycles. The quantitative estimate of drug-likeness (QED) is 0.112. The van der Waals surface area contributed by atoms with Crippen molar-refractivity contribution in [2.45, 2.75) is 51.4 Å². The smallest absolute Gasteiger partial charge is 0.431 e. The van der Waals surface area contributed by atoms with E-state index in [0.717, 1.165) is 65.5 Å². The zero-order valence-corrected chi connectivity index (χ0v) is 27.9. The number of halogens is 2. The zero-order valence-electron chi connectivity index (χ0n) is 27.9. The Hall–Kier alpha value is -5.45. The summed E-state index contributed by atoms with van der Waals surface area (Å²) in [5.74, 6) is 1.28. The van der Waals surface area contributed by atoms with Crippen LogP contribution in [0, 0.1) is 13.8 Å². The van der Waals surface area contributed by atoms with E-state index in [4.69, 9.17) is 23.7 Å². The number of rotatable bonds is 11. The monoisotopic (exact) mass is 688 g/mol. The van der Waals surface area contributed by atoms with Crippen molar-refractivity contribution < 1.29 is 51.6 Å². The van der Waals surface area contributed by atoms with Crippen LogP contribution in [0.25, 0.3) is 11.1 Å². The lowest BCUT2D eigenvalue weighted by Gasteiger charge is -2.39. The normalized spacial score (nSPS) is 13.5. The number of ether oxygens (including phenoxy) is 6. The molecule has 4 aromatic rings. The van der Waals surface area contributed by atoms with Crippen molar-refractivity contribution in [1.29, 1.82) is 0 Å². The third kappa shape index (κ3) is 8.96. The third-order valence-electron chi connectivity index (χ3n) is 8.59. The number of hydrogen-bond donors (Lipinski definition) is 0. The van der Waals surface area contributed by atoms with Crippen LogP contribution >= 0.6 is 0 Å². The van der Waals surface area contributed by atoms with Crippen LogP contribution < -0.4 is 18.9 Å². The Morgan fingerprint density at radius 3 is 1.42 bits per heavy atom. The van der Waals surface area contributed by atoms with Crippen LogP contribution in [0.15, 0.2) is 84.9 Å². The van der Waals surface area contributed by atoms with Crippen LogP contribution in [0.5, 0.6) is 23.0 Å². The first-order valence-electron chi connectivity index (χ1n) is 16.3. The Morgan fingerprint density at radius 2 is 0.980 bits per heavy atom. The third-order valence-corrected chi connectivity index (χ3v) is 8.59. The van der Waals surface area contributed by atoms with E-state index in [1.807, 2.05) is 38.1 Å². The minimum absolute atomic E-state index is 0.255. The van der Waals surface area contributed by atoms with Crippen LogP contribution in [0.2, 0.25) is 0 Å². The Kier molecular flexibility index (Phi) is 12.0. The summed E-state index contributed by atoms with van der Waals surface area (Å²) in [5.41, 5.74) is 5.09. The van der Waals surface area contributed by atoms with Crippen molar-refractivity contribution in [3.05, 3.63) is 107 Å². The summed E-state index contributed by atoms with van der Waals surface area (Å²) in [7, 11) is 0. The molecule has 0 atom stereocenters. The Labute approximate surface area is 289 Å². The van der Waals surface area contributed by atoms with Gasteiger partial charge in [-0.25, -0.2) is 23.2 Å². The number of hydrogen-bond acceptors (Lipinski definition) is 9. The van der Waals surface area contributed by atoms with Crippen molar-refractivity contribution in [1.82, 2.24) is 0 Å². The standard InChI is InChI=1S/C39H38F2O9/c1-26-24-30(10-16-34(26)49-37(43)46-23-21-41)39(18-4-3-5-19-39)31-11-17-35(27(2)25-31)50-38(44)48-33-14-8-29(9-15-33)28-6-12-32(13-7-28)47-36(42)45-22-20-40/h6-17,24-25H,3-5,18-23H2,1-2H3. The summed E-state index contributed by atoms with van der Waals surface area (Å²) in [6.07, 6.45) is 2.29. The highest BCUT2D eigenvalue weighted by Crippen LogP contribution is 2.46. The molecule has 0 radical (unpaired) electrons. The SMILES string of the molecule is Cc1cc(C2(c3ccc(OC(=O)Oc4ccc(-c5ccc(OC(=O)OCCF)cc5)cc4)c(C)c3)CCCCC2)ccc1OC(=O)OCCF. The lowest BCUT2D eigenvalue weighted by Crippen LogP contribution is -2.30. The van der Waals surface area contributed by atoms with E-state index < -0.39 is 31.8 Å². The first kappa shape index (κ1) is 35.8. The average molecular weight is 689 g/mol. The minimum Gasteiger partial charge on any atom is -0.431 e. The molecule has 11 heteroatoms. The maximum Gasteiger partial charge on any atom is 0.519 e. The molecular weight excluding hydrogens is 650 g/mol. The van der Waals surface area contributed by atoms with Gasteiger partial charge in [0, 0.05) is 5.41 Å². The minimum atomic E-state index is -0.980. The molecule has 0 unspecified atom stereocenters. The largest absolute Gasteiger partial charge is 0.519 e. The van der Waals surface area contributed by atoms with Crippen molar-refractivity contribution >= 4 is 18.5 Å². The molecule has 50 heavy (non-hydrogen) atoms. The molecule has 0 spiro atoms. The molecule has 1 fully saturated rings. The van der Waals surface area contributed by atoms with Crippen LogP contribution in [0.1, 0.15) is 54.4 Å². The fourth-order valence-electron chi connectivity index (χ4n) is 6.15. The fraction of sp³-hybridized carbons (Fsp3) is 0.308. The van der Waals surface area contributed by atoms with Crippen LogP contribution in [0.3, 0.4) is 0 Å². The van der Waals surface area contributed by atoms with Crippen LogP contribution in [0.4, 0.5) is 23.2 Å². The van der Waals surface area contributed by atoms with E-state index in [1.54, 1.807) is 60.7 Å². The fourth-order valence-corrected chi connectivity index (χ4v) is 6.15. The lowest BCUT2D eigenvalue weighted by atomic mass is 9.65. The summed E-state index contributed by atoms with van der Waals surface area (Å²) in [6, 6.07) is 25.0. The average Bonchev–Trinajstić information content (AvgIpc) is 3.12. The predicted molar refractivity (Wildman–Crippen MR) is 181 cm³/mol. The van der Waals surface area contributed by atoms with Gasteiger partial charge in [0.25, 0.3) is 0 Å². The van der Waals surface area contributed by atoms with Gasteiger partial charge in [0.1, 0.15) is 49.6 Å². The van der Waals surface area contributed by atoms with Gasteiger partial charge in [-0.1, -0.05) is 67.8 Å². The molecular formula is C39H38F2O9. The molecule has 1 saturated carbocycles. The van der Waals surface area contributed by atoms with Gasteiger partial charge in [-0.3, -0.25) is 0 Å². The Bertz CT molecular complexity index is 1780. The van der Waals surface area contributed by atoms with Crippen LogP contribution in [-0.2, 0) is 14.9 Å². The summed E-state index contributed by atoms with van der Waals surface area (Å²) < 4.78 is 55.1. The van der Waals surface area contributed by atoms with Crippen molar-refractivity contribution in [2.75, 3.05) is 26.6 Å². The molecule has 1 aliphatic rings. The van der Waals surface area contributed by atoms with Gasteiger partial charge in [-0.05, 0) is 96.5 Å². The second-order valence-electron chi connectivity index (χ2n) is 11.9. The molecule has 9 nitrogen and oxygen atoms in total. The van der Waals surface area contributed by atoms with Crippen molar-refractivity contribution in [3.63, 3.8) is 0 Å². The van der Waals surface area contributed by atoms with Crippen molar-refractivity contribution in [2.24, 2.45) is 0 Å². The maximum absolute atomic E-state index is 12.8. The molecule has 0 saturated heterocycles. The Morgan fingerprint density at radius 1 is 0.560 bits per heavy atom. The summed E-state index contributed by atoms with van der Waals surface area (Å²) in [6.45, 7) is 1.44. The molecule has 262 valence electrons. The van der Waals surface area contributed by atoms with E-state index in [0.29, 0.717) is 17.2 Å². The van der Waals surface area contributed by atoms with Gasteiger partial charge in [0.05, 0.1) is 0 Å². The highest BCUT2D eigenvalue weighted by molar-refractivity contribution is 5.70. The lowest BCUT2D eigenvalue weighted by molar-refractivity contribution is 0.0920. The highest BCUT2D eigenvalue weighted by Gasteiger charge is 2.36. The first-order valence-corrected chi connectivity index (χ1v) is 16.3. The number of alkyl halides is 2. The molecule has 0 bridgehead atoms. The first-order chi connectivity index (χ1) is 24.2. The van der Waals surface area contributed by atoms with Gasteiger partial charge < -0.3 is 28.4 Å². The van der Waals surface area contributed by atoms with E-state index >= 15 is 0 Å². The topological polar surface area (TPSA) is 107 Å². The van der Waals surface area contributed by atoms with Crippen LogP contribution in [-0.4, -0.2) is 45.0 Å². The van der Waals surface area contributed by atoms with E-state index in [-0.39, 0.29) is 24.4 Å². The number of aryl methyl sites for hydroxylation is 2. The van der Waals surface area contributed by atoms with Gasteiger partial charge in [0.2, 0.25) is 0 Å². The van der Waals surface area contributed by atoms with Gasteiger partial charge >= 0.3 is 18.5 Å². The van der Waals surface area contributed by atoms with Crippen molar-refractivity contribution in [3.8, 4) is 34.1 Å². The van der Waals surface area contributed by atoms with E-state index in [9.17, 15) is 23.2 Å². The highest BCUT2D eigenvalue weighted by atomic mass is 19.1. The molecule has 0 N–H and O–H groups in total. The molecule has 5 rings (SSSR count). The molecule has 0 amide bonds. The second-order valence-corrected chi connectivity index (χ2v) is 11.9. The molecule has 0 aromatic heterocycles. The number of benzene rings is 4. The molecule has 4 aromatic carbocycles. The maximum atomic E-state index is 12.8. The number of carbonyl (C=O) groups excluding carboxylic acids is 3. The van der Waals surface area contributed by atoms with Gasteiger partial charge in [-0.2, -0.15) is 0 Å². The zero-order chi connectivity index (χ0) is 35.5. The second kappa shape index (κ2) is 16.8. The summed E-state index contributed by atoms with van der Waals surface area (Å²) in [4.78, 5) is 36.2. The van der Waals surface area contributed by atoms with Gasteiger partial charge in [0.15, 0.2) is 0 Å². The summed E-state index contributed by atoms with van der Waals surface area (Å²) in [5, 5.41) is 0. The van der Waals surface area contributed by atoms with E-state index in [2.05, 4.69) is 4.74 Å². The Balaban J connectivity index is 1.23.